The van der Waals surface area contributed by atoms with Crippen molar-refractivity contribution in [3.05, 3.63) is 11.6 Å². The maximum absolute atomic E-state index is 14.1. The highest BCUT2D eigenvalue weighted by molar-refractivity contribution is 5.91. The van der Waals surface area contributed by atoms with E-state index in [1.165, 1.54) is 5.57 Å². The molecule has 1 N–H and O–H groups in total. The molecule has 2 nitrogen and oxygen atoms in total. The average Bonchev–Trinajstić information content (AvgIpc) is 2.72. The molecule has 0 heterocycles. The Bertz CT molecular complexity index is 542. The van der Waals surface area contributed by atoms with Crippen molar-refractivity contribution in [2.75, 3.05) is 0 Å². The molecule has 4 rings (SSSR count). The van der Waals surface area contributed by atoms with Crippen molar-refractivity contribution < 1.29 is 14.3 Å². The number of ketones is 1. The molecule has 0 amide bonds. The molecule has 0 aliphatic heterocycles. The van der Waals surface area contributed by atoms with Crippen molar-refractivity contribution in [1.29, 1.82) is 0 Å². The topological polar surface area (TPSA) is 37.3 Å². The number of fused-ring (bicyclic) bond motifs is 5. The lowest BCUT2D eigenvalue weighted by Gasteiger charge is -2.56. The zero-order valence-electron chi connectivity index (χ0n) is 13.6. The number of carbonyl (C=O) groups is 1. The lowest BCUT2D eigenvalue weighted by molar-refractivity contribution is -0.134. The molecular weight excluding hydrogens is 279 g/mol. The van der Waals surface area contributed by atoms with Crippen LogP contribution in [-0.2, 0) is 4.79 Å². The number of hydrogen-bond donors (Lipinski definition) is 1. The Balaban J connectivity index is 1.70. The fourth-order valence-corrected chi connectivity index (χ4v) is 6.39. The van der Waals surface area contributed by atoms with Gasteiger partial charge in [0.1, 0.15) is 0 Å². The third-order valence-electron chi connectivity index (χ3n) is 7.78. The van der Waals surface area contributed by atoms with Gasteiger partial charge in [0, 0.05) is 5.41 Å². The maximum Gasteiger partial charge on any atom is 0.173 e. The van der Waals surface area contributed by atoms with Gasteiger partial charge in [-0.2, -0.15) is 0 Å². The SMILES string of the molecule is C[C@]12CCC(O)CC1=CC[C@@H]1[C@@H]2CC[C@]2(C)C(=O)C(F)C[C@@H]12. The quantitative estimate of drug-likeness (QED) is 0.691. The number of alkyl halides is 1. The first-order valence-corrected chi connectivity index (χ1v) is 8.92. The molecule has 7 atom stereocenters. The molecule has 0 radical (unpaired) electrons. The molecule has 4 aliphatic rings. The van der Waals surface area contributed by atoms with Crippen molar-refractivity contribution >= 4 is 5.78 Å². The number of aliphatic hydroxyl groups excluding tert-OH is 1. The van der Waals surface area contributed by atoms with Gasteiger partial charge in [0.15, 0.2) is 12.0 Å². The van der Waals surface area contributed by atoms with Crippen LogP contribution in [0, 0.1) is 28.6 Å². The lowest BCUT2D eigenvalue weighted by atomic mass is 9.48. The second-order valence-electron chi connectivity index (χ2n) is 8.68. The van der Waals surface area contributed by atoms with E-state index in [9.17, 15) is 14.3 Å². The van der Waals surface area contributed by atoms with Crippen LogP contribution < -0.4 is 0 Å². The van der Waals surface area contributed by atoms with Crippen LogP contribution >= 0.6 is 0 Å². The van der Waals surface area contributed by atoms with Gasteiger partial charge < -0.3 is 5.11 Å². The first-order valence-electron chi connectivity index (χ1n) is 8.92. The number of aliphatic hydroxyl groups is 1. The molecule has 2 unspecified atom stereocenters. The Morgan fingerprint density at radius 3 is 2.68 bits per heavy atom. The summed E-state index contributed by atoms with van der Waals surface area (Å²) in [7, 11) is 0. The van der Waals surface area contributed by atoms with Gasteiger partial charge in [0.25, 0.3) is 0 Å². The second-order valence-corrected chi connectivity index (χ2v) is 8.68. The summed E-state index contributed by atoms with van der Waals surface area (Å²) in [6, 6.07) is 0. The van der Waals surface area contributed by atoms with Gasteiger partial charge in [-0.1, -0.05) is 25.5 Å². The second kappa shape index (κ2) is 4.66. The first kappa shape index (κ1) is 14.9. The van der Waals surface area contributed by atoms with E-state index in [4.69, 9.17) is 0 Å². The Hall–Kier alpha value is -0.700. The molecule has 0 saturated heterocycles. The molecule has 0 aromatic carbocycles. The molecule has 22 heavy (non-hydrogen) atoms. The molecule has 3 saturated carbocycles. The summed E-state index contributed by atoms with van der Waals surface area (Å²) < 4.78 is 14.1. The minimum absolute atomic E-state index is 0.130. The Morgan fingerprint density at radius 2 is 1.91 bits per heavy atom. The van der Waals surface area contributed by atoms with E-state index in [0.29, 0.717) is 18.3 Å². The molecule has 0 bridgehead atoms. The van der Waals surface area contributed by atoms with Gasteiger partial charge in [-0.15, -0.1) is 0 Å². The maximum atomic E-state index is 14.1. The van der Waals surface area contributed by atoms with E-state index >= 15 is 0 Å². The monoisotopic (exact) mass is 306 g/mol. The van der Waals surface area contributed by atoms with E-state index < -0.39 is 11.6 Å². The summed E-state index contributed by atoms with van der Waals surface area (Å²) in [4.78, 5) is 12.3. The third-order valence-corrected chi connectivity index (χ3v) is 7.78. The third kappa shape index (κ3) is 1.78. The Kier molecular flexibility index (Phi) is 3.15. The van der Waals surface area contributed by atoms with Gasteiger partial charge >= 0.3 is 0 Å². The van der Waals surface area contributed by atoms with E-state index in [-0.39, 0.29) is 23.2 Å². The first-order chi connectivity index (χ1) is 10.4. The minimum Gasteiger partial charge on any atom is -0.393 e. The van der Waals surface area contributed by atoms with Crippen molar-refractivity contribution in [2.24, 2.45) is 28.6 Å². The van der Waals surface area contributed by atoms with Crippen molar-refractivity contribution in [3.63, 3.8) is 0 Å². The van der Waals surface area contributed by atoms with E-state index in [1.807, 2.05) is 6.92 Å². The van der Waals surface area contributed by atoms with Crippen molar-refractivity contribution in [3.8, 4) is 0 Å². The van der Waals surface area contributed by atoms with Crippen molar-refractivity contribution in [2.45, 2.75) is 71.1 Å². The molecule has 0 spiro atoms. The van der Waals surface area contributed by atoms with Crippen LogP contribution in [0.25, 0.3) is 0 Å². The molecule has 4 aliphatic carbocycles. The molecule has 122 valence electrons. The number of carbonyl (C=O) groups excluding carboxylic acids is 1. The average molecular weight is 306 g/mol. The number of halogens is 1. The van der Waals surface area contributed by atoms with Crippen LogP contribution in [-0.4, -0.2) is 23.2 Å². The van der Waals surface area contributed by atoms with E-state index in [0.717, 1.165) is 38.5 Å². The largest absolute Gasteiger partial charge is 0.393 e. The predicted octanol–water partition coefficient (Wildman–Crippen LogP) is 3.83. The molecule has 3 heteroatoms. The number of rotatable bonds is 0. The standard InChI is InChI=1S/C19H27FO2/c1-18-7-5-12(21)9-11(18)3-4-13-14(18)6-8-19(2)15(13)10-16(20)17(19)22/h3,12-16,21H,4-10H2,1-2H3/t12?,13-,14+,15+,16?,18+,19+/m1/s1. The van der Waals surface area contributed by atoms with Gasteiger partial charge in [0.05, 0.1) is 6.10 Å². The van der Waals surface area contributed by atoms with E-state index in [1.54, 1.807) is 0 Å². The van der Waals surface area contributed by atoms with Crippen LogP contribution in [0.2, 0.25) is 0 Å². The number of hydrogen-bond acceptors (Lipinski definition) is 2. The molecular formula is C19H27FO2. The summed E-state index contributed by atoms with van der Waals surface area (Å²) in [5.41, 5.74) is 1.18. The van der Waals surface area contributed by atoms with Gasteiger partial charge in [-0.05, 0) is 68.1 Å². The highest BCUT2D eigenvalue weighted by Crippen LogP contribution is 2.64. The zero-order chi connectivity index (χ0) is 15.7. The van der Waals surface area contributed by atoms with Gasteiger partial charge in [0.2, 0.25) is 0 Å². The lowest BCUT2D eigenvalue weighted by Crippen LogP contribution is -2.50. The summed E-state index contributed by atoms with van der Waals surface area (Å²) in [5, 5.41) is 9.98. The summed E-state index contributed by atoms with van der Waals surface area (Å²) in [6.07, 6.45) is 6.94. The van der Waals surface area contributed by atoms with Gasteiger partial charge in [-0.25, -0.2) is 4.39 Å². The predicted molar refractivity (Wildman–Crippen MR) is 83.0 cm³/mol. The minimum atomic E-state index is -1.24. The smallest absolute Gasteiger partial charge is 0.173 e. The van der Waals surface area contributed by atoms with Crippen LogP contribution in [0.15, 0.2) is 11.6 Å². The normalized spacial score (nSPS) is 54.3. The highest BCUT2D eigenvalue weighted by Gasteiger charge is 2.61. The van der Waals surface area contributed by atoms with Gasteiger partial charge in [-0.3, -0.25) is 4.79 Å². The molecule has 3 fully saturated rings. The summed E-state index contributed by atoms with van der Waals surface area (Å²) >= 11 is 0. The van der Waals surface area contributed by atoms with Crippen LogP contribution in [0.5, 0.6) is 0 Å². The summed E-state index contributed by atoms with van der Waals surface area (Å²) in [5.74, 6) is 1.11. The van der Waals surface area contributed by atoms with Crippen LogP contribution in [0.4, 0.5) is 4.39 Å². The fourth-order valence-electron chi connectivity index (χ4n) is 6.39. The molecule has 0 aromatic heterocycles. The van der Waals surface area contributed by atoms with Crippen LogP contribution in [0.3, 0.4) is 0 Å². The number of allylic oxidation sites excluding steroid dienone is 1. The molecule has 0 aromatic rings. The van der Waals surface area contributed by atoms with Crippen molar-refractivity contribution in [1.82, 2.24) is 0 Å². The fraction of sp³-hybridized carbons (Fsp3) is 0.842. The highest BCUT2D eigenvalue weighted by atomic mass is 19.1. The Labute approximate surface area is 132 Å². The number of Topliss-reactive ketones (excluding diaryl/α,β-unsaturated/α-hetero) is 1. The van der Waals surface area contributed by atoms with E-state index in [2.05, 4.69) is 13.0 Å². The summed E-state index contributed by atoms with van der Waals surface area (Å²) in [6.45, 7) is 4.37. The Morgan fingerprint density at radius 1 is 1.18 bits per heavy atom. The zero-order valence-corrected chi connectivity index (χ0v) is 13.6. The van der Waals surface area contributed by atoms with Crippen LogP contribution in [0.1, 0.15) is 58.8 Å².